The molecule has 1 N–H and O–H groups in total. The van der Waals surface area contributed by atoms with E-state index in [2.05, 4.69) is 90.4 Å². The lowest BCUT2D eigenvalue weighted by Crippen LogP contribution is -2.36. The Hall–Kier alpha value is -3.60. The van der Waals surface area contributed by atoms with E-state index in [1.807, 2.05) is 48.5 Å². The summed E-state index contributed by atoms with van der Waals surface area (Å²) in [5.74, 6) is 1.09. The van der Waals surface area contributed by atoms with Gasteiger partial charge in [-0.3, -0.25) is 4.40 Å². The maximum absolute atomic E-state index is 12.8. The topological polar surface area (TPSA) is 55.6 Å². The van der Waals surface area contributed by atoms with Gasteiger partial charge in [0.1, 0.15) is 22.9 Å². The van der Waals surface area contributed by atoms with Crippen LogP contribution in [-0.2, 0) is 5.41 Å². The average Bonchev–Trinajstić information content (AvgIpc) is 3.14. The van der Waals surface area contributed by atoms with Crippen LogP contribution in [0.1, 0.15) is 83.3 Å². The summed E-state index contributed by atoms with van der Waals surface area (Å²) in [4.78, 5) is 17.7. The smallest absolute Gasteiger partial charge is 0.343 e. The minimum absolute atomic E-state index is 0.0323. The second-order valence-electron chi connectivity index (χ2n) is 13.2. The molecular weight excluding hydrogens is 470 g/mol. The molecule has 0 fully saturated rings. The van der Waals surface area contributed by atoms with Crippen LogP contribution in [0.3, 0.4) is 0 Å². The molecule has 0 atom stereocenters. The van der Waals surface area contributed by atoms with Gasteiger partial charge < -0.3 is 10.1 Å². The van der Waals surface area contributed by atoms with Gasteiger partial charge in [-0.1, -0.05) is 53.7 Å². The number of hydrogen-bond donors (Lipinski definition) is 1. The van der Waals surface area contributed by atoms with E-state index in [9.17, 15) is 4.79 Å². The highest BCUT2D eigenvalue weighted by Gasteiger charge is 2.28. The number of carbonyl (C=O) groups is 1. The molecule has 200 valence electrons. The summed E-state index contributed by atoms with van der Waals surface area (Å²) >= 11 is 0. The van der Waals surface area contributed by atoms with E-state index >= 15 is 0 Å². The number of carbonyl (C=O) groups excluding carboxylic acids is 1. The average molecular weight is 512 g/mol. The molecule has 0 amide bonds. The van der Waals surface area contributed by atoms with Gasteiger partial charge in [0.15, 0.2) is 0 Å². The Morgan fingerprint density at radius 2 is 1.53 bits per heavy atom. The van der Waals surface area contributed by atoms with Gasteiger partial charge >= 0.3 is 5.97 Å². The monoisotopic (exact) mass is 511 g/mol. The van der Waals surface area contributed by atoms with Crippen LogP contribution in [0.15, 0.2) is 66.9 Å². The Labute approximate surface area is 227 Å². The third-order valence-corrected chi connectivity index (χ3v) is 6.54. The number of esters is 1. The molecule has 0 aliphatic heterocycles. The van der Waals surface area contributed by atoms with Crippen molar-refractivity contribution in [1.29, 1.82) is 0 Å². The molecule has 0 aliphatic rings. The van der Waals surface area contributed by atoms with Crippen LogP contribution >= 0.6 is 0 Å². The Morgan fingerprint density at radius 1 is 0.895 bits per heavy atom. The number of rotatable bonds is 6. The maximum atomic E-state index is 12.8. The zero-order valence-corrected chi connectivity index (χ0v) is 24.3. The number of hydrogen-bond acceptors (Lipinski definition) is 4. The minimum Gasteiger partial charge on any atom is -0.423 e. The Morgan fingerprint density at radius 3 is 2.11 bits per heavy atom. The summed E-state index contributed by atoms with van der Waals surface area (Å²) in [6.45, 7) is 19.8. The lowest BCUT2D eigenvalue weighted by atomic mass is 9.82. The van der Waals surface area contributed by atoms with Crippen molar-refractivity contribution < 1.29 is 9.53 Å². The second-order valence-corrected chi connectivity index (χ2v) is 13.2. The number of ether oxygens (including phenoxy) is 1. The summed E-state index contributed by atoms with van der Waals surface area (Å²) in [7, 11) is 0. The predicted molar refractivity (Wildman–Crippen MR) is 157 cm³/mol. The van der Waals surface area contributed by atoms with Gasteiger partial charge in [0, 0.05) is 17.3 Å². The van der Waals surface area contributed by atoms with Gasteiger partial charge in [-0.05, 0) is 97.7 Å². The van der Waals surface area contributed by atoms with Crippen molar-refractivity contribution in [3.8, 4) is 17.0 Å². The van der Waals surface area contributed by atoms with E-state index in [0.29, 0.717) is 11.3 Å². The van der Waals surface area contributed by atoms with Crippen LogP contribution in [0, 0.1) is 12.3 Å². The highest BCUT2D eigenvalue weighted by atomic mass is 16.5. The molecule has 0 unspecified atom stereocenters. The molecule has 0 radical (unpaired) electrons. The number of nitrogens with one attached hydrogen (secondary N) is 1. The summed E-state index contributed by atoms with van der Waals surface area (Å²) in [6.07, 6.45) is 3.06. The lowest BCUT2D eigenvalue weighted by molar-refractivity contribution is 0.0734. The summed E-state index contributed by atoms with van der Waals surface area (Å²) in [6, 6.07) is 19.4. The van der Waals surface area contributed by atoms with Crippen molar-refractivity contribution in [2.45, 2.75) is 79.7 Å². The molecule has 2 aromatic carbocycles. The number of pyridine rings is 1. The summed E-state index contributed by atoms with van der Waals surface area (Å²) in [5, 5.41) is 3.78. The molecule has 0 spiro atoms. The first-order valence-electron chi connectivity index (χ1n) is 13.3. The Balaban J connectivity index is 1.61. The van der Waals surface area contributed by atoms with Crippen molar-refractivity contribution in [2.75, 3.05) is 5.32 Å². The number of aryl methyl sites for hydroxylation is 1. The number of imidazole rings is 1. The Kier molecular flexibility index (Phi) is 7.17. The fourth-order valence-corrected chi connectivity index (χ4v) is 5.11. The first-order chi connectivity index (χ1) is 17.6. The van der Waals surface area contributed by atoms with Crippen LogP contribution in [-0.4, -0.2) is 20.9 Å². The first kappa shape index (κ1) is 27.4. The van der Waals surface area contributed by atoms with Gasteiger partial charge in [-0.15, -0.1) is 0 Å². The molecular formula is C33H41N3O2. The van der Waals surface area contributed by atoms with Gasteiger partial charge in [0.25, 0.3) is 0 Å². The van der Waals surface area contributed by atoms with Crippen LogP contribution in [0.2, 0.25) is 0 Å². The van der Waals surface area contributed by atoms with Crippen molar-refractivity contribution in [3.05, 3.63) is 83.6 Å². The van der Waals surface area contributed by atoms with E-state index < -0.39 is 0 Å². The fourth-order valence-electron chi connectivity index (χ4n) is 5.11. The van der Waals surface area contributed by atoms with E-state index in [0.717, 1.165) is 34.7 Å². The molecule has 4 aromatic rings. The van der Waals surface area contributed by atoms with E-state index in [-0.39, 0.29) is 22.3 Å². The first-order valence-corrected chi connectivity index (χ1v) is 13.3. The normalized spacial score (nSPS) is 12.6. The molecule has 5 nitrogen and oxygen atoms in total. The number of fused-ring (bicyclic) bond motifs is 1. The highest BCUT2D eigenvalue weighted by Crippen LogP contribution is 2.35. The highest BCUT2D eigenvalue weighted by molar-refractivity contribution is 5.91. The zero-order valence-electron chi connectivity index (χ0n) is 24.3. The van der Waals surface area contributed by atoms with Crippen LogP contribution in [0.5, 0.6) is 5.75 Å². The number of nitrogens with zero attached hydrogens (tertiary/aromatic N) is 2. The van der Waals surface area contributed by atoms with Gasteiger partial charge in [0.2, 0.25) is 0 Å². The van der Waals surface area contributed by atoms with Gasteiger partial charge in [0.05, 0.1) is 5.56 Å². The maximum Gasteiger partial charge on any atom is 0.343 e. The van der Waals surface area contributed by atoms with E-state index in [1.165, 1.54) is 5.56 Å². The number of anilines is 1. The quantitative estimate of drug-likeness (QED) is 0.208. The van der Waals surface area contributed by atoms with E-state index in [1.54, 1.807) is 0 Å². The predicted octanol–water partition coefficient (Wildman–Crippen LogP) is 8.45. The van der Waals surface area contributed by atoms with Gasteiger partial charge in [-0.2, -0.15) is 0 Å². The van der Waals surface area contributed by atoms with Crippen LogP contribution in [0.4, 0.5) is 5.82 Å². The molecule has 2 heterocycles. The van der Waals surface area contributed by atoms with E-state index in [4.69, 9.17) is 9.72 Å². The fraction of sp³-hybridized carbons (Fsp3) is 0.394. The van der Waals surface area contributed by atoms with Crippen LogP contribution < -0.4 is 10.1 Å². The van der Waals surface area contributed by atoms with Crippen molar-refractivity contribution in [3.63, 3.8) is 0 Å². The molecule has 4 rings (SSSR count). The molecule has 0 bridgehead atoms. The molecule has 0 aliphatic carbocycles. The third kappa shape index (κ3) is 6.45. The second kappa shape index (κ2) is 9.94. The molecule has 5 heteroatoms. The zero-order chi connectivity index (χ0) is 27.9. The summed E-state index contributed by atoms with van der Waals surface area (Å²) < 4.78 is 7.79. The standard InChI is InChI=1S/C33H41N3O2/c1-22-18-19-36-27(20-22)34-28(29(36)35-33(8,9)21-31(2,3)4)23-12-16-26(17-13-23)38-30(37)24-10-14-25(15-11-24)32(5,6)7/h10-20,35H,21H2,1-9H3. The minimum atomic E-state index is -0.368. The van der Waals surface area contributed by atoms with Crippen molar-refractivity contribution >= 4 is 17.4 Å². The number of aromatic nitrogens is 2. The van der Waals surface area contributed by atoms with Crippen LogP contribution in [0.25, 0.3) is 16.9 Å². The summed E-state index contributed by atoms with van der Waals surface area (Å²) in [5.41, 5.74) is 5.64. The van der Waals surface area contributed by atoms with Gasteiger partial charge in [-0.25, -0.2) is 9.78 Å². The molecule has 38 heavy (non-hydrogen) atoms. The molecule has 0 saturated carbocycles. The van der Waals surface area contributed by atoms with Crippen molar-refractivity contribution in [2.24, 2.45) is 5.41 Å². The Bertz CT molecular complexity index is 1430. The lowest BCUT2D eigenvalue weighted by Gasteiger charge is -2.34. The third-order valence-electron chi connectivity index (χ3n) is 6.54. The molecule has 0 saturated heterocycles. The largest absolute Gasteiger partial charge is 0.423 e. The number of benzene rings is 2. The molecule has 2 aromatic heterocycles. The van der Waals surface area contributed by atoms with Crippen molar-refractivity contribution in [1.82, 2.24) is 9.38 Å². The SMILES string of the molecule is Cc1ccn2c(NC(C)(C)CC(C)(C)C)c(-c3ccc(OC(=O)c4ccc(C(C)(C)C)cc4)cc3)nc2c1.